The molecule has 10 nitrogen and oxygen atoms in total. The van der Waals surface area contributed by atoms with E-state index in [0.29, 0.717) is 72.4 Å². The number of halogens is 2. The molecule has 2 aromatic heterocycles. The van der Waals surface area contributed by atoms with Crippen LogP contribution < -0.4 is 29.6 Å². The lowest BCUT2D eigenvalue weighted by Crippen LogP contribution is -2.14. The van der Waals surface area contributed by atoms with Gasteiger partial charge in [0.2, 0.25) is 0 Å². The summed E-state index contributed by atoms with van der Waals surface area (Å²) in [6, 6.07) is 23.8. The van der Waals surface area contributed by atoms with Gasteiger partial charge in [0.25, 0.3) is 0 Å². The first-order chi connectivity index (χ1) is 25.3. The molecule has 2 heterocycles. The van der Waals surface area contributed by atoms with Crippen molar-refractivity contribution in [3.63, 3.8) is 0 Å². The third-order valence-electron chi connectivity index (χ3n) is 9.00. The summed E-state index contributed by atoms with van der Waals surface area (Å²) in [5, 5.41) is 21.7. The standard InChI is InChI=1S/C40H42Cl2N6O4/c1-25-27(23-51-39-17-37(49-3)29(15-35(39)41)19-43-21-31-11-13-45-47-31)7-5-9-33(25)34-10-6-8-28(26(34)2)24-52-40-18-38(50-4)30(16-36(40)42)20-44-22-32-12-14-46-48-32/h5-18,43-44H,19-24H2,1-4H3,(H,45,47)(H,46,48). The molecule has 0 aliphatic heterocycles. The minimum atomic E-state index is 0.344. The lowest BCUT2D eigenvalue weighted by Gasteiger charge is -2.18. The molecule has 12 heteroatoms. The van der Waals surface area contributed by atoms with Gasteiger partial charge >= 0.3 is 0 Å². The Morgan fingerprint density at radius 2 is 1.00 bits per heavy atom. The van der Waals surface area contributed by atoms with E-state index in [1.807, 2.05) is 36.4 Å². The van der Waals surface area contributed by atoms with Crippen molar-refractivity contribution in [3.8, 4) is 34.1 Å². The number of H-pyrrole nitrogens is 2. The molecule has 6 rings (SSSR count). The first kappa shape index (κ1) is 36.8. The molecular formula is C40H42Cl2N6O4. The Hall–Kier alpha value is -5.00. The molecular weight excluding hydrogens is 699 g/mol. The Labute approximate surface area is 313 Å². The molecule has 0 fully saturated rings. The highest BCUT2D eigenvalue weighted by molar-refractivity contribution is 6.32. The van der Waals surface area contributed by atoms with Crippen LogP contribution in [0.2, 0.25) is 10.0 Å². The molecule has 0 radical (unpaired) electrons. The van der Waals surface area contributed by atoms with Crippen LogP contribution in [0, 0.1) is 13.8 Å². The SMILES string of the molecule is COc1cc(OCc2cccc(-c3cccc(COc4cc(OC)c(CNCc5ccn[nH]5)cc4Cl)c3C)c2C)c(Cl)cc1CNCc1ccn[nH]1. The highest BCUT2D eigenvalue weighted by Crippen LogP contribution is 2.36. The van der Waals surface area contributed by atoms with Crippen molar-refractivity contribution >= 4 is 23.2 Å². The summed E-state index contributed by atoms with van der Waals surface area (Å²) in [7, 11) is 3.29. The topological polar surface area (TPSA) is 118 Å². The maximum absolute atomic E-state index is 6.70. The molecule has 52 heavy (non-hydrogen) atoms. The second-order valence-electron chi connectivity index (χ2n) is 12.3. The molecule has 6 aromatic rings. The molecule has 0 spiro atoms. The number of nitrogens with one attached hydrogen (secondary N) is 4. The number of hydrogen-bond donors (Lipinski definition) is 4. The van der Waals surface area contributed by atoms with E-state index in [9.17, 15) is 0 Å². The first-order valence-corrected chi connectivity index (χ1v) is 17.6. The van der Waals surface area contributed by atoms with Crippen LogP contribution in [0.5, 0.6) is 23.0 Å². The van der Waals surface area contributed by atoms with Crippen LogP contribution in [-0.4, -0.2) is 34.6 Å². The fraction of sp³-hybridized carbons (Fsp3) is 0.250. The van der Waals surface area contributed by atoms with Gasteiger partial charge in [-0.25, -0.2) is 0 Å². The largest absolute Gasteiger partial charge is 0.496 e. The predicted octanol–water partition coefficient (Wildman–Crippen LogP) is 8.48. The van der Waals surface area contributed by atoms with Gasteiger partial charge in [0.15, 0.2) is 0 Å². The van der Waals surface area contributed by atoms with Crippen molar-refractivity contribution in [3.05, 3.63) is 140 Å². The van der Waals surface area contributed by atoms with Crippen LogP contribution >= 0.6 is 23.2 Å². The summed E-state index contributed by atoms with van der Waals surface area (Å²) < 4.78 is 23.9. The zero-order valence-electron chi connectivity index (χ0n) is 29.6. The third kappa shape index (κ3) is 8.89. The van der Waals surface area contributed by atoms with E-state index < -0.39 is 0 Å². The second-order valence-corrected chi connectivity index (χ2v) is 13.1. The number of ether oxygens (including phenoxy) is 4. The monoisotopic (exact) mass is 740 g/mol. The van der Waals surface area contributed by atoms with Crippen molar-refractivity contribution in [1.29, 1.82) is 0 Å². The van der Waals surface area contributed by atoms with Crippen LogP contribution in [0.15, 0.2) is 85.2 Å². The van der Waals surface area contributed by atoms with Crippen molar-refractivity contribution in [1.82, 2.24) is 31.0 Å². The molecule has 4 N–H and O–H groups in total. The van der Waals surface area contributed by atoms with E-state index in [1.165, 1.54) is 0 Å². The van der Waals surface area contributed by atoms with Crippen LogP contribution in [0.3, 0.4) is 0 Å². The molecule has 0 aliphatic rings. The van der Waals surface area contributed by atoms with Gasteiger partial charge < -0.3 is 29.6 Å². The smallest absolute Gasteiger partial charge is 0.142 e. The molecule has 0 bridgehead atoms. The fourth-order valence-corrected chi connectivity index (χ4v) is 6.52. The Bertz CT molecular complexity index is 1940. The van der Waals surface area contributed by atoms with E-state index in [1.54, 1.807) is 26.6 Å². The van der Waals surface area contributed by atoms with E-state index in [4.69, 9.17) is 42.1 Å². The summed E-state index contributed by atoms with van der Waals surface area (Å²) in [6.07, 6.45) is 3.46. The predicted molar refractivity (Wildman–Crippen MR) is 204 cm³/mol. The molecule has 0 atom stereocenters. The molecule has 0 saturated carbocycles. The minimum absolute atomic E-state index is 0.344. The number of aromatic amines is 2. The normalized spacial score (nSPS) is 11.1. The van der Waals surface area contributed by atoms with E-state index in [-0.39, 0.29) is 0 Å². The number of benzene rings is 4. The Morgan fingerprint density at radius 3 is 1.38 bits per heavy atom. The van der Waals surface area contributed by atoms with Crippen molar-refractivity contribution < 1.29 is 18.9 Å². The quantitative estimate of drug-likeness (QED) is 0.0736. The van der Waals surface area contributed by atoms with Gasteiger partial charge in [-0.05, 0) is 71.5 Å². The second kappa shape index (κ2) is 17.5. The lowest BCUT2D eigenvalue weighted by molar-refractivity contribution is 0.302. The van der Waals surface area contributed by atoms with Crippen LogP contribution in [-0.2, 0) is 39.4 Å². The maximum atomic E-state index is 6.70. The molecule has 0 unspecified atom stereocenters. The zero-order chi connectivity index (χ0) is 36.5. The highest BCUT2D eigenvalue weighted by atomic mass is 35.5. The summed E-state index contributed by atoms with van der Waals surface area (Å²) in [6.45, 7) is 7.36. The molecule has 0 saturated heterocycles. The molecule has 0 amide bonds. The number of methoxy groups -OCH3 is 2. The van der Waals surface area contributed by atoms with Gasteiger partial charge in [-0.15, -0.1) is 0 Å². The van der Waals surface area contributed by atoms with E-state index in [2.05, 4.69) is 81.3 Å². The Balaban J connectivity index is 1.12. The van der Waals surface area contributed by atoms with Gasteiger partial charge in [-0.3, -0.25) is 10.2 Å². The number of hydrogen-bond acceptors (Lipinski definition) is 8. The zero-order valence-corrected chi connectivity index (χ0v) is 31.1. The van der Waals surface area contributed by atoms with E-state index in [0.717, 1.165) is 55.9 Å². The van der Waals surface area contributed by atoms with Gasteiger partial charge in [0, 0.05) is 73.2 Å². The van der Waals surface area contributed by atoms with Crippen LogP contribution in [0.25, 0.3) is 11.1 Å². The summed E-state index contributed by atoms with van der Waals surface area (Å²) in [5.74, 6) is 2.52. The summed E-state index contributed by atoms with van der Waals surface area (Å²) in [4.78, 5) is 0. The Morgan fingerprint density at radius 1 is 0.558 bits per heavy atom. The highest BCUT2D eigenvalue weighted by Gasteiger charge is 2.16. The lowest BCUT2D eigenvalue weighted by atomic mass is 9.92. The average Bonchev–Trinajstić information content (AvgIpc) is 3.87. The molecule has 270 valence electrons. The van der Waals surface area contributed by atoms with Crippen molar-refractivity contribution in [2.45, 2.75) is 53.2 Å². The van der Waals surface area contributed by atoms with Gasteiger partial charge in [0.1, 0.15) is 36.2 Å². The van der Waals surface area contributed by atoms with Crippen molar-refractivity contribution in [2.24, 2.45) is 0 Å². The summed E-state index contributed by atoms with van der Waals surface area (Å²) >= 11 is 13.4. The van der Waals surface area contributed by atoms with Crippen molar-refractivity contribution in [2.75, 3.05) is 14.2 Å². The summed E-state index contributed by atoms with van der Waals surface area (Å²) in [5.41, 5.74) is 10.5. The minimum Gasteiger partial charge on any atom is -0.496 e. The number of nitrogens with zero attached hydrogens (tertiary/aromatic N) is 2. The number of aromatic nitrogens is 4. The number of rotatable bonds is 17. The third-order valence-corrected chi connectivity index (χ3v) is 9.59. The van der Waals surface area contributed by atoms with Crippen LogP contribution in [0.1, 0.15) is 44.8 Å². The molecule has 4 aromatic carbocycles. The van der Waals surface area contributed by atoms with Gasteiger partial charge in [-0.1, -0.05) is 59.6 Å². The molecule has 0 aliphatic carbocycles. The average molecular weight is 742 g/mol. The van der Waals surface area contributed by atoms with Gasteiger partial charge in [0.05, 0.1) is 24.3 Å². The Kier molecular flexibility index (Phi) is 12.4. The van der Waals surface area contributed by atoms with E-state index >= 15 is 0 Å². The van der Waals surface area contributed by atoms with Gasteiger partial charge in [-0.2, -0.15) is 10.2 Å². The maximum Gasteiger partial charge on any atom is 0.142 e. The fourth-order valence-electron chi connectivity index (χ4n) is 6.03. The van der Waals surface area contributed by atoms with Crippen LogP contribution in [0.4, 0.5) is 0 Å². The first-order valence-electron chi connectivity index (χ1n) is 16.9.